The molecule has 10 nitrogen and oxygen atoms in total. The number of nitrogens with zero attached hydrogens (tertiary/aromatic N) is 2. The van der Waals surface area contributed by atoms with Crippen LogP contribution < -0.4 is 23.8 Å². The molecule has 4 aromatic rings. The number of hydrogen-bond donors (Lipinski definition) is 1. The fourth-order valence-electron chi connectivity index (χ4n) is 5.17. The van der Waals surface area contributed by atoms with Gasteiger partial charge in [0.15, 0.2) is 11.5 Å². The molecule has 254 valence electrons. The molecular weight excluding hydrogens is 630 g/mol. The second-order valence-corrected chi connectivity index (χ2v) is 13.4. The van der Waals surface area contributed by atoms with Crippen LogP contribution in [0.1, 0.15) is 25.0 Å². The van der Waals surface area contributed by atoms with Crippen LogP contribution in [-0.4, -0.2) is 65.6 Å². The molecule has 0 saturated heterocycles. The predicted molar refractivity (Wildman–Crippen MR) is 186 cm³/mol. The average Bonchev–Trinajstić information content (AvgIpc) is 3.11. The minimum Gasteiger partial charge on any atom is -0.497 e. The molecule has 1 unspecified atom stereocenters. The fraction of sp³-hybridized carbons (Fsp3) is 0.297. The third kappa shape index (κ3) is 9.07. The highest BCUT2D eigenvalue weighted by atomic mass is 32.2. The molecule has 4 aromatic carbocycles. The van der Waals surface area contributed by atoms with Crippen molar-refractivity contribution in [3.8, 4) is 17.2 Å². The summed E-state index contributed by atoms with van der Waals surface area (Å²) in [5, 5.41) is 3.00. The maximum Gasteiger partial charge on any atom is 0.264 e. The number of hydrogen-bond acceptors (Lipinski definition) is 7. The summed E-state index contributed by atoms with van der Waals surface area (Å²) >= 11 is 0. The molecule has 0 aliphatic heterocycles. The molecule has 0 heterocycles. The first-order valence-electron chi connectivity index (χ1n) is 15.6. The Hall–Kier alpha value is -5.03. The van der Waals surface area contributed by atoms with Gasteiger partial charge in [-0.25, -0.2) is 8.42 Å². The smallest absolute Gasteiger partial charge is 0.264 e. The fourth-order valence-corrected chi connectivity index (χ4v) is 6.60. The largest absolute Gasteiger partial charge is 0.497 e. The van der Waals surface area contributed by atoms with Crippen molar-refractivity contribution < 1.29 is 32.2 Å². The van der Waals surface area contributed by atoms with Crippen LogP contribution in [0.4, 0.5) is 5.69 Å². The number of para-hydroxylation sites is 1. The predicted octanol–water partition coefficient (Wildman–Crippen LogP) is 5.32. The maximum absolute atomic E-state index is 14.6. The highest BCUT2D eigenvalue weighted by molar-refractivity contribution is 7.92. The van der Waals surface area contributed by atoms with E-state index < -0.39 is 28.5 Å². The van der Waals surface area contributed by atoms with E-state index in [0.717, 1.165) is 9.87 Å². The Kier molecular flexibility index (Phi) is 12.5. The Bertz CT molecular complexity index is 1770. The Morgan fingerprint density at radius 3 is 2.02 bits per heavy atom. The highest BCUT2D eigenvalue weighted by Crippen LogP contribution is 2.32. The normalized spacial score (nSPS) is 11.8. The highest BCUT2D eigenvalue weighted by Gasteiger charge is 2.35. The van der Waals surface area contributed by atoms with E-state index in [1.165, 1.54) is 37.3 Å². The molecule has 0 saturated carbocycles. The molecule has 0 spiro atoms. The zero-order valence-electron chi connectivity index (χ0n) is 28.0. The van der Waals surface area contributed by atoms with Crippen LogP contribution in [-0.2, 0) is 32.6 Å². The van der Waals surface area contributed by atoms with Gasteiger partial charge in [-0.1, -0.05) is 74.5 Å². The van der Waals surface area contributed by atoms with Crippen molar-refractivity contribution in [3.05, 3.63) is 114 Å². The summed E-state index contributed by atoms with van der Waals surface area (Å²) in [5.74, 6) is 0.450. The van der Waals surface area contributed by atoms with Crippen LogP contribution in [0.3, 0.4) is 0 Å². The second kappa shape index (κ2) is 16.7. The quantitative estimate of drug-likeness (QED) is 0.171. The molecule has 0 aliphatic rings. The Morgan fingerprint density at radius 1 is 0.750 bits per heavy atom. The standard InChI is InChI=1S/C37H43N3O7S/c1-27(2)24-38-37(42)33(22-28-13-8-6-9-14-28)39(25-29-15-12-18-31(21-29)45-3)36(41)26-40(30-16-10-7-11-17-30)48(43,44)32-19-20-34(46-4)35(23-32)47-5/h6-21,23,27,33H,22,24-26H2,1-5H3,(H,38,42). The lowest BCUT2D eigenvalue weighted by Crippen LogP contribution is -2.53. The number of amides is 2. The Morgan fingerprint density at radius 2 is 1.40 bits per heavy atom. The van der Waals surface area contributed by atoms with E-state index in [1.54, 1.807) is 55.6 Å². The van der Waals surface area contributed by atoms with E-state index in [0.29, 0.717) is 23.6 Å². The average molecular weight is 674 g/mol. The molecule has 0 fully saturated rings. The van der Waals surface area contributed by atoms with E-state index >= 15 is 0 Å². The van der Waals surface area contributed by atoms with Crippen LogP contribution in [0.2, 0.25) is 0 Å². The van der Waals surface area contributed by atoms with Gasteiger partial charge in [0.1, 0.15) is 18.3 Å². The van der Waals surface area contributed by atoms with Gasteiger partial charge in [0, 0.05) is 25.6 Å². The molecule has 0 aliphatic carbocycles. The first-order chi connectivity index (χ1) is 23.1. The van der Waals surface area contributed by atoms with Crippen molar-refractivity contribution in [2.75, 3.05) is 38.7 Å². The summed E-state index contributed by atoms with van der Waals surface area (Å²) in [6.45, 7) is 3.84. The minimum atomic E-state index is -4.32. The number of anilines is 1. The molecule has 4 rings (SSSR count). The van der Waals surface area contributed by atoms with E-state index in [1.807, 2.05) is 50.2 Å². The minimum absolute atomic E-state index is 0.0294. The van der Waals surface area contributed by atoms with Crippen molar-refractivity contribution in [2.24, 2.45) is 5.92 Å². The lowest BCUT2D eigenvalue weighted by molar-refractivity contribution is -0.140. The van der Waals surface area contributed by atoms with Crippen molar-refractivity contribution in [1.82, 2.24) is 10.2 Å². The van der Waals surface area contributed by atoms with Crippen molar-refractivity contribution in [2.45, 2.75) is 37.8 Å². The molecule has 11 heteroatoms. The number of nitrogens with one attached hydrogen (secondary N) is 1. The zero-order chi connectivity index (χ0) is 34.7. The van der Waals surface area contributed by atoms with Gasteiger partial charge >= 0.3 is 0 Å². The SMILES string of the molecule is COc1cccc(CN(C(=O)CN(c2ccccc2)S(=O)(=O)c2ccc(OC)c(OC)c2)C(Cc2ccccc2)C(=O)NCC(C)C)c1. The molecule has 2 amide bonds. The summed E-state index contributed by atoms with van der Waals surface area (Å²) in [6, 6.07) is 28.4. The molecule has 0 radical (unpaired) electrons. The van der Waals surface area contributed by atoms with Gasteiger partial charge in [0.2, 0.25) is 11.8 Å². The molecule has 48 heavy (non-hydrogen) atoms. The van der Waals surface area contributed by atoms with Gasteiger partial charge in [0.05, 0.1) is 31.9 Å². The van der Waals surface area contributed by atoms with E-state index in [2.05, 4.69) is 5.32 Å². The van der Waals surface area contributed by atoms with E-state index in [-0.39, 0.29) is 41.1 Å². The van der Waals surface area contributed by atoms with Crippen LogP contribution in [0.5, 0.6) is 17.2 Å². The molecule has 1 atom stereocenters. The van der Waals surface area contributed by atoms with Crippen LogP contribution in [0.15, 0.2) is 108 Å². The van der Waals surface area contributed by atoms with Gasteiger partial charge in [-0.2, -0.15) is 0 Å². The maximum atomic E-state index is 14.6. The zero-order valence-corrected chi connectivity index (χ0v) is 28.8. The van der Waals surface area contributed by atoms with Gasteiger partial charge in [0.25, 0.3) is 10.0 Å². The molecule has 1 N–H and O–H groups in total. The molecule has 0 aromatic heterocycles. The second-order valence-electron chi connectivity index (χ2n) is 11.6. The molecular formula is C37H43N3O7S. The van der Waals surface area contributed by atoms with Crippen molar-refractivity contribution in [1.29, 1.82) is 0 Å². The number of carbonyl (C=O) groups excluding carboxylic acids is 2. The van der Waals surface area contributed by atoms with Gasteiger partial charge in [-0.05, 0) is 53.4 Å². The first-order valence-corrected chi connectivity index (χ1v) is 17.0. The van der Waals surface area contributed by atoms with Crippen LogP contribution in [0.25, 0.3) is 0 Å². The van der Waals surface area contributed by atoms with E-state index in [9.17, 15) is 18.0 Å². The summed E-state index contributed by atoms with van der Waals surface area (Å²) < 4.78 is 45.8. The Labute approximate surface area is 283 Å². The number of sulfonamides is 1. The topological polar surface area (TPSA) is 114 Å². The number of methoxy groups -OCH3 is 3. The lowest BCUT2D eigenvalue weighted by Gasteiger charge is -2.34. The van der Waals surface area contributed by atoms with E-state index in [4.69, 9.17) is 14.2 Å². The lowest BCUT2D eigenvalue weighted by atomic mass is 10.0. The number of rotatable bonds is 16. The molecule has 0 bridgehead atoms. The third-order valence-electron chi connectivity index (χ3n) is 7.71. The van der Waals surface area contributed by atoms with Gasteiger partial charge in [-0.3, -0.25) is 13.9 Å². The number of benzene rings is 4. The monoisotopic (exact) mass is 673 g/mol. The first kappa shape index (κ1) is 35.8. The van der Waals surface area contributed by atoms with Gasteiger partial charge < -0.3 is 24.4 Å². The Balaban J connectivity index is 1.81. The number of carbonyl (C=O) groups is 2. The summed E-state index contributed by atoms with van der Waals surface area (Å²) in [6.07, 6.45) is 0.217. The van der Waals surface area contributed by atoms with Crippen LogP contribution >= 0.6 is 0 Å². The summed E-state index contributed by atoms with van der Waals surface area (Å²) in [7, 11) is 0.108. The van der Waals surface area contributed by atoms with Crippen LogP contribution in [0, 0.1) is 5.92 Å². The van der Waals surface area contributed by atoms with Gasteiger partial charge in [-0.15, -0.1) is 0 Å². The number of ether oxygens (including phenoxy) is 3. The summed E-state index contributed by atoms with van der Waals surface area (Å²) in [5.41, 5.74) is 1.85. The third-order valence-corrected chi connectivity index (χ3v) is 9.48. The summed E-state index contributed by atoms with van der Waals surface area (Å²) in [4.78, 5) is 29.9. The van der Waals surface area contributed by atoms with Crippen molar-refractivity contribution in [3.63, 3.8) is 0 Å². The van der Waals surface area contributed by atoms with Crippen molar-refractivity contribution >= 4 is 27.5 Å².